The third kappa shape index (κ3) is 2.42. The van der Waals surface area contributed by atoms with Gasteiger partial charge in [0.2, 0.25) is 0 Å². The van der Waals surface area contributed by atoms with Crippen LogP contribution in [0.25, 0.3) is 0 Å². The Kier molecular flexibility index (Phi) is 3.25. The third-order valence-corrected chi connectivity index (χ3v) is 2.53. The number of benzene rings is 1. The molecule has 0 aliphatic carbocycles. The summed E-state index contributed by atoms with van der Waals surface area (Å²) in [5.41, 5.74) is 1.71. The molecule has 1 aromatic carbocycles. The van der Waals surface area contributed by atoms with Gasteiger partial charge in [0.1, 0.15) is 5.82 Å². The molecular weight excluding hydrogens is 203 g/mol. The van der Waals surface area contributed by atoms with Crippen LogP contribution in [0.3, 0.4) is 0 Å². The lowest BCUT2D eigenvalue weighted by Crippen LogP contribution is -2.00. The van der Waals surface area contributed by atoms with Crippen molar-refractivity contribution in [3.8, 4) is 0 Å². The molecule has 0 spiro atoms. The van der Waals surface area contributed by atoms with Crippen molar-refractivity contribution in [2.24, 2.45) is 0 Å². The molecule has 0 aliphatic rings. The van der Waals surface area contributed by atoms with Gasteiger partial charge in [0.05, 0.1) is 5.69 Å². The minimum Gasteiger partial charge on any atom is -0.379 e. The van der Waals surface area contributed by atoms with E-state index in [-0.39, 0.29) is 5.82 Å². The van der Waals surface area contributed by atoms with Crippen molar-refractivity contribution in [2.75, 3.05) is 5.32 Å². The summed E-state index contributed by atoms with van der Waals surface area (Å²) in [4.78, 5) is 0. The molecule has 84 valence electrons. The van der Waals surface area contributed by atoms with Gasteiger partial charge in [-0.3, -0.25) is 0 Å². The van der Waals surface area contributed by atoms with Crippen LogP contribution >= 0.6 is 0 Å². The summed E-state index contributed by atoms with van der Waals surface area (Å²) in [5.74, 6) is -0.211. The molecular formula is C13H15FN2. The van der Waals surface area contributed by atoms with Crippen molar-refractivity contribution in [3.63, 3.8) is 0 Å². The van der Waals surface area contributed by atoms with Crippen molar-refractivity contribution in [1.82, 2.24) is 4.57 Å². The number of aromatic nitrogens is 1. The zero-order valence-corrected chi connectivity index (χ0v) is 9.28. The summed E-state index contributed by atoms with van der Waals surface area (Å²) in [5, 5.41) is 3.08. The van der Waals surface area contributed by atoms with Gasteiger partial charge < -0.3 is 9.88 Å². The summed E-state index contributed by atoms with van der Waals surface area (Å²) >= 11 is 0. The molecule has 3 heteroatoms. The number of aryl methyl sites for hydroxylation is 1. The zero-order chi connectivity index (χ0) is 11.4. The van der Waals surface area contributed by atoms with E-state index in [2.05, 4.69) is 23.0 Å². The second-order valence-electron chi connectivity index (χ2n) is 3.68. The van der Waals surface area contributed by atoms with Gasteiger partial charge in [-0.05, 0) is 30.7 Å². The fourth-order valence-corrected chi connectivity index (χ4v) is 1.59. The van der Waals surface area contributed by atoms with Gasteiger partial charge in [0.15, 0.2) is 0 Å². The van der Waals surface area contributed by atoms with Gasteiger partial charge >= 0.3 is 0 Å². The topological polar surface area (TPSA) is 17.0 Å². The zero-order valence-electron chi connectivity index (χ0n) is 9.28. The Bertz CT molecular complexity index is 462. The first-order valence-electron chi connectivity index (χ1n) is 5.42. The van der Waals surface area contributed by atoms with Crippen LogP contribution in [0, 0.1) is 5.82 Å². The fraction of sp³-hybridized carbons (Fsp3) is 0.231. The smallest absolute Gasteiger partial charge is 0.146 e. The normalized spacial score (nSPS) is 10.4. The number of anilines is 1. The Balaban J connectivity index is 1.99. The van der Waals surface area contributed by atoms with Crippen molar-refractivity contribution in [3.05, 3.63) is 54.1 Å². The van der Waals surface area contributed by atoms with E-state index in [4.69, 9.17) is 0 Å². The molecule has 0 fully saturated rings. The number of hydrogen-bond acceptors (Lipinski definition) is 1. The van der Waals surface area contributed by atoms with Crippen molar-refractivity contribution in [1.29, 1.82) is 0 Å². The lowest BCUT2D eigenvalue weighted by Gasteiger charge is -2.05. The van der Waals surface area contributed by atoms with E-state index in [0.717, 1.165) is 12.1 Å². The van der Waals surface area contributed by atoms with Crippen LogP contribution < -0.4 is 5.32 Å². The van der Waals surface area contributed by atoms with Crippen molar-refractivity contribution in [2.45, 2.75) is 20.0 Å². The van der Waals surface area contributed by atoms with Gasteiger partial charge in [0, 0.05) is 25.5 Å². The second kappa shape index (κ2) is 4.84. The standard InChI is InChI=1S/C13H15FN2/c1-2-16-8-7-11(10-16)9-15-13-6-4-3-5-12(13)14/h3-8,10,15H,2,9H2,1H3. The maximum absolute atomic E-state index is 13.3. The molecule has 1 heterocycles. The van der Waals surface area contributed by atoms with Gasteiger partial charge in [-0.1, -0.05) is 12.1 Å². The summed E-state index contributed by atoms with van der Waals surface area (Å²) in [6.45, 7) is 3.70. The lowest BCUT2D eigenvalue weighted by molar-refractivity contribution is 0.630. The minimum atomic E-state index is -0.211. The Hall–Kier alpha value is -1.77. The number of rotatable bonds is 4. The van der Waals surface area contributed by atoms with Crippen LogP contribution in [0.5, 0.6) is 0 Å². The van der Waals surface area contributed by atoms with Crippen molar-refractivity contribution < 1.29 is 4.39 Å². The van der Waals surface area contributed by atoms with Crippen LogP contribution in [-0.4, -0.2) is 4.57 Å². The van der Waals surface area contributed by atoms with E-state index in [1.165, 1.54) is 6.07 Å². The number of nitrogens with one attached hydrogen (secondary N) is 1. The minimum absolute atomic E-state index is 0.211. The van der Waals surface area contributed by atoms with E-state index in [1.54, 1.807) is 12.1 Å². The maximum atomic E-state index is 13.3. The Labute approximate surface area is 94.7 Å². The summed E-state index contributed by atoms with van der Waals surface area (Å²) in [7, 11) is 0. The Morgan fingerprint density at radius 2 is 2.06 bits per heavy atom. The molecule has 1 N–H and O–H groups in total. The number of hydrogen-bond donors (Lipinski definition) is 1. The quantitative estimate of drug-likeness (QED) is 0.833. The molecule has 0 radical (unpaired) electrons. The maximum Gasteiger partial charge on any atom is 0.146 e. The first kappa shape index (κ1) is 10.7. The van der Waals surface area contributed by atoms with Crippen LogP contribution in [-0.2, 0) is 13.1 Å². The molecule has 0 atom stereocenters. The lowest BCUT2D eigenvalue weighted by atomic mass is 10.3. The first-order chi connectivity index (χ1) is 7.79. The molecule has 0 aliphatic heterocycles. The van der Waals surface area contributed by atoms with Crippen LogP contribution in [0.1, 0.15) is 12.5 Å². The largest absolute Gasteiger partial charge is 0.379 e. The average molecular weight is 218 g/mol. The highest BCUT2D eigenvalue weighted by molar-refractivity contribution is 5.44. The Morgan fingerprint density at radius 3 is 2.75 bits per heavy atom. The highest BCUT2D eigenvalue weighted by Crippen LogP contribution is 2.13. The van der Waals surface area contributed by atoms with Crippen LogP contribution in [0.2, 0.25) is 0 Å². The highest BCUT2D eigenvalue weighted by atomic mass is 19.1. The van der Waals surface area contributed by atoms with E-state index in [0.29, 0.717) is 12.2 Å². The molecule has 2 nitrogen and oxygen atoms in total. The molecule has 0 amide bonds. The van der Waals surface area contributed by atoms with Gasteiger partial charge in [0.25, 0.3) is 0 Å². The van der Waals surface area contributed by atoms with Gasteiger partial charge in [-0.15, -0.1) is 0 Å². The molecule has 0 saturated carbocycles. The molecule has 0 saturated heterocycles. The highest BCUT2D eigenvalue weighted by Gasteiger charge is 2.00. The van der Waals surface area contributed by atoms with Crippen molar-refractivity contribution >= 4 is 5.69 Å². The third-order valence-electron chi connectivity index (χ3n) is 2.53. The van der Waals surface area contributed by atoms with Gasteiger partial charge in [-0.25, -0.2) is 4.39 Å². The molecule has 1 aromatic heterocycles. The summed E-state index contributed by atoms with van der Waals surface area (Å²) < 4.78 is 15.4. The predicted molar refractivity (Wildman–Crippen MR) is 63.8 cm³/mol. The second-order valence-corrected chi connectivity index (χ2v) is 3.68. The summed E-state index contributed by atoms with van der Waals surface area (Å²) in [6.07, 6.45) is 4.09. The molecule has 2 aromatic rings. The van der Waals surface area contributed by atoms with E-state index in [1.807, 2.05) is 18.3 Å². The molecule has 0 bridgehead atoms. The Morgan fingerprint density at radius 1 is 1.25 bits per heavy atom. The van der Waals surface area contributed by atoms with E-state index < -0.39 is 0 Å². The summed E-state index contributed by atoms with van der Waals surface area (Å²) in [6, 6.07) is 8.75. The van der Waals surface area contributed by atoms with Crippen LogP contribution in [0.4, 0.5) is 10.1 Å². The molecule has 0 unspecified atom stereocenters. The molecule has 16 heavy (non-hydrogen) atoms. The fourth-order valence-electron chi connectivity index (χ4n) is 1.59. The first-order valence-corrected chi connectivity index (χ1v) is 5.42. The predicted octanol–water partition coefficient (Wildman–Crippen LogP) is 3.26. The average Bonchev–Trinajstić information content (AvgIpc) is 2.76. The monoisotopic (exact) mass is 218 g/mol. The van der Waals surface area contributed by atoms with Gasteiger partial charge in [-0.2, -0.15) is 0 Å². The number of nitrogens with zero attached hydrogens (tertiary/aromatic N) is 1. The van der Waals surface area contributed by atoms with E-state index >= 15 is 0 Å². The van der Waals surface area contributed by atoms with E-state index in [9.17, 15) is 4.39 Å². The SMILES string of the molecule is CCn1ccc(CNc2ccccc2F)c1. The molecule has 2 rings (SSSR count). The number of para-hydroxylation sites is 1. The number of halogens is 1. The van der Waals surface area contributed by atoms with Crippen LogP contribution in [0.15, 0.2) is 42.7 Å².